The van der Waals surface area contributed by atoms with Crippen molar-refractivity contribution in [2.24, 2.45) is 0 Å². The van der Waals surface area contributed by atoms with Crippen molar-refractivity contribution in [1.29, 1.82) is 0 Å². The molecule has 8 heterocycles. The number of anilines is 2. The minimum atomic E-state index is -1.03. The number of fused-ring (bicyclic) bond motifs is 2. The van der Waals surface area contributed by atoms with Crippen molar-refractivity contribution in [3.63, 3.8) is 0 Å². The number of allylic oxidation sites excluding steroid dienone is 2. The molecule has 86 heavy (non-hydrogen) atoms. The van der Waals surface area contributed by atoms with Gasteiger partial charge in [0, 0.05) is 125 Å². The number of aromatic nitrogens is 4. The molecule has 2 saturated heterocycles. The lowest BCUT2D eigenvalue weighted by molar-refractivity contribution is -0.115. The van der Waals surface area contributed by atoms with Crippen LogP contribution in [0.25, 0.3) is 56.6 Å². The molecule has 10 rings (SSSR count). The number of aryl methyl sites for hydroxylation is 2. The van der Waals surface area contributed by atoms with E-state index in [1.54, 1.807) is 80.2 Å². The number of ether oxygens (including phenoxy) is 3. The standard InChI is InChI=1S/C29H29N5O4.C25H21N3O5.C9H18N2O2.2CH4/c1-37-26-16-21(25-8-4-20(18-32-25)29(36)34-12-10-31-11-13-34)14-22-15-24(38-28(22)26)7-6-23(35)5-2-19-3-9-27(30)33-17-19;1-32-22-12-17(21-8-4-16(14-27-21)25(30)31)10-18-11-20(33-24(18)22)7-6-19(29)5-2-15-3-9-23(26)28-13-15;1-9(2,3)13-8(12)11-6-4-10-5-7-11;;/h2-5,8-9,14-18,31H,6-7,10-13H2,1H3,(H2,30,33);2-5,8-14H,6-7H2,1H3,(H2,26,28)(H,30,31);10H,4-7H2,1-3H3;2*1H4/b2*5-2+;;;. The summed E-state index contributed by atoms with van der Waals surface area (Å²) in [6.45, 7) is 11.8. The Morgan fingerprint density at radius 1 is 0.593 bits per heavy atom. The van der Waals surface area contributed by atoms with Gasteiger partial charge in [0.15, 0.2) is 34.2 Å². The second-order valence-corrected chi connectivity index (χ2v) is 20.7. The monoisotopic (exact) mass is 1170 g/mol. The number of hydrogen-bond acceptors (Lipinski definition) is 18. The third kappa shape index (κ3) is 18.4. The van der Waals surface area contributed by atoms with Crippen molar-refractivity contribution >= 4 is 75.3 Å². The Labute approximate surface area is 500 Å². The number of benzene rings is 2. The van der Waals surface area contributed by atoms with Crippen LogP contribution in [0.3, 0.4) is 0 Å². The number of aromatic carboxylic acids is 1. The number of nitrogen functional groups attached to an aromatic ring is 2. The molecule has 0 saturated carbocycles. The van der Waals surface area contributed by atoms with Crippen LogP contribution in [0, 0.1) is 0 Å². The second kappa shape index (κ2) is 30.7. The first-order valence-corrected chi connectivity index (χ1v) is 27.3. The normalized spacial score (nSPS) is 13.2. The molecule has 452 valence electrons. The lowest BCUT2D eigenvalue weighted by Crippen LogP contribution is -2.48. The molecule has 0 atom stereocenters. The van der Waals surface area contributed by atoms with Crippen molar-refractivity contribution < 1.29 is 52.1 Å². The maximum Gasteiger partial charge on any atom is 0.410 e. The first-order chi connectivity index (χ1) is 40.4. The zero-order valence-electron chi connectivity index (χ0n) is 47.6. The van der Waals surface area contributed by atoms with Gasteiger partial charge in [-0.2, -0.15) is 0 Å². The van der Waals surface area contributed by atoms with E-state index in [0.29, 0.717) is 89.4 Å². The fourth-order valence-corrected chi connectivity index (χ4v) is 8.87. The summed E-state index contributed by atoms with van der Waals surface area (Å²) in [5.74, 6) is 2.22. The summed E-state index contributed by atoms with van der Waals surface area (Å²) in [6.07, 6.45) is 13.9. The maximum absolute atomic E-state index is 12.8. The molecule has 21 heteroatoms. The molecule has 21 nitrogen and oxygen atoms in total. The fraction of sp³-hybridized carbons (Fsp3) is 0.308. The van der Waals surface area contributed by atoms with E-state index in [4.69, 9.17) is 39.6 Å². The highest BCUT2D eigenvalue weighted by Gasteiger charge is 2.24. The summed E-state index contributed by atoms with van der Waals surface area (Å²) < 4.78 is 28.3. The predicted octanol–water partition coefficient (Wildman–Crippen LogP) is 10.2. The molecule has 2 aliphatic rings. The minimum absolute atomic E-state index is 0. The molecular weight excluding hydrogens is 1100 g/mol. The number of rotatable bonds is 16. The lowest BCUT2D eigenvalue weighted by Gasteiger charge is -2.30. The number of carboxylic acids is 1. The number of nitrogens with one attached hydrogen (secondary N) is 2. The number of amides is 2. The quantitative estimate of drug-likeness (QED) is 0.0562. The Bertz CT molecular complexity index is 3630. The first-order valence-electron chi connectivity index (χ1n) is 27.3. The van der Waals surface area contributed by atoms with Gasteiger partial charge >= 0.3 is 12.1 Å². The zero-order valence-corrected chi connectivity index (χ0v) is 47.6. The third-order valence-corrected chi connectivity index (χ3v) is 13.3. The molecule has 0 unspecified atom stereocenters. The van der Waals surface area contributed by atoms with E-state index in [2.05, 4.69) is 30.6 Å². The van der Waals surface area contributed by atoms with Crippen LogP contribution in [0.5, 0.6) is 11.5 Å². The molecule has 2 fully saturated rings. The van der Waals surface area contributed by atoms with Crippen LogP contribution >= 0.6 is 0 Å². The van der Waals surface area contributed by atoms with E-state index >= 15 is 0 Å². The van der Waals surface area contributed by atoms with Crippen LogP contribution in [-0.2, 0) is 27.2 Å². The van der Waals surface area contributed by atoms with Gasteiger partial charge in [-0.1, -0.05) is 14.9 Å². The molecule has 0 bridgehead atoms. The lowest BCUT2D eigenvalue weighted by atomic mass is 10.1. The SMILES string of the molecule is C.C.CC(C)(C)OC(=O)N1CCNCC1.COc1cc(-c2ccc(C(=O)N3CCNCC3)cn2)cc2cc(CCC(=O)/C=C/c3ccc(N)nc3)oc12.COc1cc(-c2ccc(C(=O)O)cn2)cc2cc(CCC(=O)/C=C/c3ccc(N)nc3)oc12. The number of nitrogens with zero attached hydrogens (tertiary/aromatic N) is 6. The second-order valence-electron chi connectivity index (χ2n) is 20.7. The van der Waals surface area contributed by atoms with Crippen LogP contribution in [0.15, 0.2) is 131 Å². The van der Waals surface area contributed by atoms with Crippen LogP contribution in [0.4, 0.5) is 16.4 Å². The molecule has 2 aliphatic heterocycles. The smallest absolute Gasteiger partial charge is 0.410 e. The molecule has 7 N–H and O–H groups in total. The maximum atomic E-state index is 12.8. The highest BCUT2D eigenvalue weighted by atomic mass is 16.6. The van der Waals surface area contributed by atoms with Crippen LogP contribution in [-0.4, -0.2) is 137 Å². The number of carboxylic acid groups (broad SMARTS) is 1. The van der Waals surface area contributed by atoms with Gasteiger partial charge in [0.2, 0.25) is 0 Å². The molecule has 2 amide bonds. The van der Waals surface area contributed by atoms with Gasteiger partial charge in [-0.15, -0.1) is 0 Å². The fourth-order valence-electron chi connectivity index (χ4n) is 8.87. The molecule has 2 aromatic carbocycles. The highest BCUT2D eigenvalue weighted by molar-refractivity contribution is 5.96. The molecular formula is C65H76N10O11. The summed E-state index contributed by atoms with van der Waals surface area (Å²) >= 11 is 0. The van der Waals surface area contributed by atoms with Gasteiger partial charge in [-0.25, -0.2) is 19.6 Å². The number of pyridine rings is 4. The summed E-state index contributed by atoms with van der Waals surface area (Å²) in [5.41, 5.74) is 17.2. The largest absolute Gasteiger partial charge is 0.493 e. The number of carbonyl (C=O) groups excluding carboxylic acids is 4. The van der Waals surface area contributed by atoms with Crippen molar-refractivity contribution in [2.75, 3.05) is 78.0 Å². The van der Waals surface area contributed by atoms with Gasteiger partial charge in [0.1, 0.15) is 28.8 Å². The number of nitrogens with two attached hydrogens (primary N) is 2. The topological polar surface area (TPSA) is 294 Å². The Morgan fingerprint density at radius 2 is 1.03 bits per heavy atom. The van der Waals surface area contributed by atoms with Gasteiger partial charge in [0.25, 0.3) is 5.91 Å². The van der Waals surface area contributed by atoms with E-state index in [9.17, 15) is 24.0 Å². The van der Waals surface area contributed by atoms with Crippen molar-refractivity contribution in [3.8, 4) is 34.0 Å². The Kier molecular flexibility index (Phi) is 23.4. The molecule has 0 radical (unpaired) electrons. The number of furan rings is 2. The summed E-state index contributed by atoms with van der Waals surface area (Å²) in [7, 11) is 3.13. The molecule has 6 aromatic heterocycles. The zero-order chi connectivity index (χ0) is 59.8. The minimum Gasteiger partial charge on any atom is -0.493 e. The van der Waals surface area contributed by atoms with Crippen molar-refractivity contribution in [1.82, 2.24) is 40.4 Å². The number of methoxy groups -OCH3 is 2. The van der Waals surface area contributed by atoms with Gasteiger partial charge < -0.3 is 60.1 Å². The molecule has 0 spiro atoms. The van der Waals surface area contributed by atoms with E-state index in [0.717, 1.165) is 78.0 Å². The molecule has 8 aromatic rings. The van der Waals surface area contributed by atoms with Gasteiger partial charge in [0.05, 0.1) is 36.7 Å². The van der Waals surface area contributed by atoms with Crippen LogP contribution in [0.1, 0.15) is 91.8 Å². The Balaban J connectivity index is 0.000000225. The van der Waals surface area contributed by atoms with Crippen molar-refractivity contribution in [3.05, 3.63) is 156 Å². The van der Waals surface area contributed by atoms with Gasteiger partial charge in [-0.3, -0.25) is 24.4 Å². The van der Waals surface area contributed by atoms with Gasteiger partial charge in [-0.05, 0) is 141 Å². The average molecular weight is 1170 g/mol. The number of piperazine rings is 2. The highest BCUT2D eigenvalue weighted by Crippen LogP contribution is 2.36. The summed E-state index contributed by atoms with van der Waals surface area (Å²) in [4.78, 5) is 80.3. The average Bonchev–Trinajstić information content (AvgIpc) is 2.56. The van der Waals surface area contributed by atoms with E-state index < -0.39 is 5.97 Å². The number of ketones is 2. The van der Waals surface area contributed by atoms with E-state index in [-0.39, 0.29) is 56.0 Å². The Morgan fingerprint density at radius 3 is 1.42 bits per heavy atom. The predicted molar refractivity (Wildman–Crippen MR) is 334 cm³/mol. The first kappa shape index (κ1) is 65.4. The number of carbonyl (C=O) groups is 5. The molecule has 0 aliphatic carbocycles. The van der Waals surface area contributed by atoms with Crippen LogP contribution in [0.2, 0.25) is 0 Å². The third-order valence-electron chi connectivity index (χ3n) is 13.3. The Hall–Kier alpha value is -9.73. The van der Waals surface area contributed by atoms with Crippen molar-refractivity contribution in [2.45, 2.75) is 66.9 Å². The number of hydrogen-bond donors (Lipinski definition) is 5. The summed E-state index contributed by atoms with van der Waals surface area (Å²) in [6, 6.07) is 25.1. The summed E-state index contributed by atoms with van der Waals surface area (Å²) in [5, 5.41) is 17.1. The van der Waals surface area contributed by atoms with Crippen LogP contribution < -0.4 is 31.6 Å². The van der Waals surface area contributed by atoms with E-state index in [1.807, 2.05) is 74.2 Å². The van der Waals surface area contributed by atoms with E-state index in [1.165, 1.54) is 24.4 Å².